The summed E-state index contributed by atoms with van der Waals surface area (Å²) in [5.74, 6) is 0.365. The molecule has 0 fully saturated rings. The van der Waals surface area contributed by atoms with Gasteiger partial charge in [0.2, 0.25) is 11.8 Å². The SMILES string of the molecule is CNc1ncc([N+](=O)[O-])c(NCC(C)O)n1. The predicted molar refractivity (Wildman–Crippen MR) is 58.4 cm³/mol. The van der Waals surface area contributed by atoms with Crippen molar-refractivity contribution in [2.45, 2.75) is 13.0 Å². The number of aliphatic hydroxyl groups is 1. The second-order valence-corrected chi connectivity index (χ2v) is 3.16. The quantitative estimate of drug-likeness (QED) is 0.487. The van der Waals surface area contributed by atoms with E-state index < -0.39 is 11.0 Å². The Balaban J connectivity index is 2.96. The molecule has 0 aliphatic rings. The minimum atomic E-state index is -0.618. The first-order valence-corrected chi connectivity index (χ1v) is 4.65. The fourth-order valence-electron chi connectivity index (χ4n) is 1.00. The Morgan fingerprint density at radius 1 is 1.69 bits per heavy atom. The lowest BCUT2D eigenvalue weighted by atomic mass is 10.4. The molecule has 0 aromatic carbocycles. The summed E-state index contributed by atoms with van der Waals surface area (Å²) in [5, 5.41) is 25.1. The van der Waals surface area contributed by atoms with Gasteiger partial charge in [-0.1, -0.05) is 0 Å². The van der Waals surface area contributed by atoms with Crippen molar-refractivity contribution in [3.05, 3.63) is 16.3 Å². The minimum absolute atomic E-state index is 0.0882. The van der Waals surface area contributed by atoms with Crippen molar-refractivity contribution < 1.29 is 10.0 Å². The van der Waals surface area contributed by atoms with Crippen LogP contribution in [0.3, 0.4) is 0 Å². The molecular weight excluding hydrogens is 214 g/mol. The number of nitro groups is 1. The predicted octanol–water partition coefficient (Wildman–Crippen LogP) is 0.219. The molecule has 0 spiro atoms. The molecule has 1 rings (SSSR count). The van der Waals surface area contributed by atoms with E-state index in [4.69, 9.17) is 5.11 Å². The lowest BCUT2D eigenvalue weighted by Gasteiger charge is -2.08. The smallest absolute Gasteiger partial charge is 0.329 e. The number of aromatic nitrogens is 2. The van der Waals surface area contributed by atoms with Gasteiger partial charge in [-0.3, -0.25) is 10.1 Å². The highest BCUT2D eigenvalue weighted by molar-refractivity contribution is 5.56. The molecule has 0 radical (unpaired) electrons. The molecule has 8 nitrogen and oxygen atoms in total. The Morgan fingerprint density at radius 3 is 2.88 bits per heavy atom. The third kappa shape index (κ3) is 3.02. The zero-order valence-electron chi connectivity index (χ0n) is 8.97. The maximum Gasteiger partial charge on any atom is 0.329 e. The second kappa shape index (κ2) is 5.21. The Bertz CT molecular complexity index is 382. The summed E-state index contributed by atoms with van der Waals surface area (Å²) in [6.45, 7) is 1.75. The molecule has 3 N–H and O–H groups in total. The van der Waals surface area contributed by atoms with Gasteiger partial charge < -0.3 is 15.7 Å². The van der Waals surface area contributed by atoms with Gasteiger partial charge in [0.05, 0.1) is 11.0 Å². The summed E-state index contributed by atoms with van der Waals surface area (Å²) >= 11 is 0. The largest absolute Gasteiger partial charge is 0.392 e. The Labute approximate surface area is 91.9 Å². The van der Waals surface area contributed by atoms with Crippen molar-refractivity contribution in [1.29, 1.82) is 0 Å². The van der Waals surface area contributed by atoms with Crippen LogP contribution < -0.4 is 10.6 Å². The highest BCUT2D eigenvalue weighted by atomic mass is 16.6. The van der Waals surface area contributed by atoms with Crippen LogP contribution in [0.5, 0.6) is 0 Å². The van der Waals surface area contributed by atoms with Gasteiger partial charge in [-0.05, 0) is 6.92 Å². The van der Waals surface area contributed by atoms with Gasteiger partial charge >= 0.3 is 5.69 Å². The van der Waals surface area contributed by atoms with E-state index in [1.165, 1.54) is 0 Å². The van der Waals surface area contributed by atoms with Crippen LogP contribution in [0.2, 0.25) is 0 Å². The van der Waals surface area contributed by atoms with Crippen LogP contribution in [0.25, 0.3) is 0 Å². The first-order valence-electron chi connectivity index (χ1n) is 4.65. The van der Waals surface area contributed by atoms with E-state index in [1.54, 1.807) is 14.0 Å². The van der Waals surface area contributed by atoms with Gasteiger partial charge in [-0.2, -0.15) is 4.98 Å². The molecule has 1 atom stereocenters. The molecule has 8 heteroatoms. The Hall–Kier alpha value is -1.96. The maximum atomic E-state index is 10.7. The van der Waals surface area contributed by atoms with Crippen LogP contribution in [0.1, 0.15) is 6.92 Å². The van der Waals surface area contributed by atoms with Crippen LogP contribution in [0, 0.1) is 10.1 Å². The Kier molecular flexibility index (Phi) is 3.95. The molecule has 16 heavy (non-hydrogen) atoms. The van der Waals surface area contributed by atoms with Gasteiger partial charge in [0, 0.05) is 13.6 Å². The number of rotatable bonds is 5. The highest BCUT2D eigenvalue weighted by Crippen LogP contribution is 2.21. The summed E-state index contributed by atoms with van der Waals surface area (Å²) in [7, 11) is 1.61. The van der Waals surface area contributed by atoms with Crippen molar-refractivity contribution in [3.8, 4) is 0 Å². The molecule has 1 aromatic heterocycles. The number of nitrogens with zero attached hydrogens (tertiary/aromatic N) is 3. The zero-order chi connectivity index (χ0) is 12.1. The molecule has 0 saturated carbocycles. The van der Waals surface area contributed by atoms with E-state index in [-0.39, 0.29) is 24.0 Å². The summed E-state index contributed by atoms with van der Waals surface area (Å²) in [4.78, 5) is 17.7. The van der Waals surface area contributed by atoms with Gasteiger partial charge in [-0.25, -0.2) is 4.98 Å². The minimum Gasteiger partial charge on any atom is -0.392 e. The number of hydrogen-bond acceptors (Lipinski definition) is 7. The second-order valence-electron chi connectivity index (χ2n) is 3.16. The maximum absolute atomic E-state index is 10.7. The molecule has 0 amide bonds. The molecule has 1 unspecified atom stereocenters. The Morgan fingerprint density at radius 2 is 2.38 bits per heavy atom. The van der Waals surface area contributed by atoms with Crippen LogP contribution in [-0.4, -0.2) is 39.7 Å². The first-order chi connectivity index (χ1) is 7.54. The number of aliphatic hydroxyl groups excluding tert-OH is 1. The van der Waals surface area contributed by atoms with Gasteiger partial charge in [0.25, 0.3) is 0 Å². The topological polar surface area (TPSA) is 113 Å². The fraction of sp³-hybridized carbons (Fsp3) is 0.500. The molecular formula is C8H13N5O3. The molecule has 0 saturated heterocycles. The van der Waals surface area contributed by atoms with Gasteiger partial charge in [0.1, 0.15) is 6.20 Å². The molecule has 1 heterocycles. The molecule has 0 aliphatic heterocycles. The van der Waals surface area contributed by atoms with Crippen LogP contribution in [0.4, 0.5) is 17.5 Å². The van der Waals surface area contributed by atoms with Crippen LogP contribution in [0.15, 0.2) is 6.20 Å². The normalized spacial score (nSPS) is 11.9. The van der Waals surface area contributed by atoms with Gasteiger partial charge in [-0.15, -0.1) is 0 Å². The molecule has 88 valence electrons. The van der Waals surface area contributed by atoms with Crippen molar-refractivity contribution in [2.75, 3.05) is 24.2 Å². The molecule has 0 aliphatic carbocycles. The van der Waals surface area contributed by atoms with E-state index in [2.05, 4.69) is 20.6 Å². The van der Waals surface area contributed by atoms with Crippen molar-refractivity contribution in [2.24, 2.45) is 0 Å². The summed E-state index contributed by atoms with van der Waals surface area (Å²) in [6, 6.07) is 0. The van der Waals surface area contributed by atoms with Crippen molar-refractivity contribution in [1.82, 2.24) is 9.97 Å². The van der Waals surface area contributed by atoms with E-state index in [1.807, 2.05) is 0 Å². The summed E-state index contributed by atoms with van der Waals surface area (Å²) < 4.78 is 0. The number of nitrogens with one attached hydrogen (secondary N) is 2. The van der Waals surface area contributed by atoms with E-state index >= 15 is 0 Å². The summed E-state index contributed by atoms with van der Waals surface area (Å²) in [6.07, 6.45) is 0.496. The zero-order valence-corrected chi connectivity index (χ0v) is 8.97. The molecule has 1 aromatic rings. The average Bonchev–Trinajstić information content (AvgIpc) is 2.25. The standard InChI is InChI=1S/C8H13N5O3/c1-5(14)3-10-7-6(13(15)16)4-11-8(9-2)12-7/h4-5,14H,3H2,1-2H3,(H2,9,10,11,12). The monoisotopic (exact) mass is 227 g/mol. The van der Waals surface area contributed by atoms with Crippen molar-refractivity contribution in [3.63, 3.8) is 0 Å². The number of hydrogen-bond donors (Lipinski definition) is 3. The van der Waals surface area contributed by atoms with Crippen LogP contribution in [-0.2, 0) is 0 Å². The average molecular weight is 227 g/mol. The van der Waals surface area contributed by atoms with E-state index in [0.29, 0.717) is 0 Å². The third-order valence-corrected chi connectivity index (χ3v) is 1.75. The van der Waals surface area contributed by atoms with Gasteiger partial charge in [0.15, 0.2) is 0 Å². The van der Waals surface area contributed by atoms with E-state index in [0.717, 1.165) is 6.20 Å². The first kappa shape index (κ1) is 12.1. The third-order valence-electron chi connectivity index (χ3n) is 1.75. The van der Waals surface area contributed by atoms with Crippen molar-refractivity contribution >= 4 is 17.5 Å². The lowest BCUT2D eigenvalue weighted by Crippen LogP contribution is -2.17. The van der Waals surface area contributed by atoms with Crippen LogP contribution >= 0.6 is 0 Å². The lowest BCUT2D eigenvalue weighted by molar-refractivity contribution is -0.384. The highest BCUT2D eigenvalue weighted by Gasteiger charge is 2.16. The van der Waals surface area contributed by atoms with E-state index in [9.17, 15) is 10.1 Å². The summed E-state index contributed by atoms with van der Waals surface area (Å²) in [5.41, 5.74) is -0.223. The fourth-order valence-corrected chi connectivity index (χ4v) is 1.00. The molecule has 0 bridgehead atoms. The number of anilines is 2.